The summed E-state index contributed by atoms with van der Waals surface area (Å²) in [5.74, 6) is -4.71. The highest BCUT2D eigenvalue weighted by Gasteiger charge is 2.19. The van der Waals surface area contributed by atoms with Crippen LogP contribution in [0, 0.1) is 17.5 Å². The van der Waals surface area contributed by atoms with E-state index in [1.165, 1.54) is 24.3 Å². The molecule has 0 fully saturated rings. The summed E-state index contributed by atoms with van der Waals surface area (Å²) in [7, 11) is -4.17. The van der Waals surface area contributed by atoms with Crippen LogP contribution in [-0.4, -0.2) is 13.5 Å². The largest absolute Gasteiger partial charge is 0.392 e. The molecule has 4 nitrogen and oxygen atoms in total. The quantitative estimate of drug-likeness (QED) is 0.851. The van der Waals surface area contributed by atoms with Gasteiger partial charge >= 0.3 is 0 Å². The molecule has 0 radical (unpaired) electrons. The summed E-state index contributed by atoms with van der Waals surface area (Å²) in [5.41, 5.74) is -0.341. The topological polar surface area (TPSA) is 66.4 Å². The van der Waals surface area contributed by atoms with Crippen molar-refractivity contribution in [2.24, 2.45) is 0 Å². The molecule has 2 rings (SSSR count). The molecular weight excluding hydrogens is 307 g/mol. The molecule has 0 saturated carbocycles. The minimum Gasteiger partial charge on any atom is -0.392 e. The van der Waals surface area contributed by atoms with Crippen molar-refractivity contribution in [1.82, 2.24) is 0 Å². The summed E-state index contributed by atoms with van der Waals surface area (Å²) in [5, 5.41) is 9.11. The lowest BCUT2D eigenvalue weighted by molar-refractivity contribution is 0.278. The van der Waals surface area contributed by atoms with Crippen LogP contribution in [0.1, 0.15) is 5.56 Å². The van der Waals surface area contributed by atoms with Crippen LogP contribution in [0.5, 0.6) is 0 Å². The molecule has 0 unspecified atom stereocenters. The van der Waals surface area contributed by atoms with Crippen molar-refractivity contribution in [2.45, 2.75) is 11.5 Å². The van der Waals surface area contributed by atoms with Crippen LogP contribution in [0.3, 0.4) is 0 Å². The highest BCUT2D eigenvalue weighted by molar-refractivity contribution is 7.92. The van der Waals surface area contributed by atoms with E-state index >= 15 is 0 Å². The van der Waals surface area contributed by atoms with E-state index in [0.717, 1.165) is 0 Å². The Morgan fingerprint density at radius 1 is 1.05 bits per heavy atom. The van der Waals surface area contributed by atoms with Crippen molar-refractivity contribution in [3.63, 3.8) is 0 Å². The number of hydrogen-bond acceptors (Lipinski definition) is 3. The third-order valence-corrected chi connectivity index (χ3v) is 4.15. The van der Waals surface area contributed by atoms with Crippen LogP contribution in [0.15, 0.2) is 41.3 Å². The summed E-state index contributed by atoms with van der Waals surface area (Å²) < 4.78 is 65.2. The smallest absolute Gasteiger partial charge is 0.262 e. The standard InChI is InChI=1S/C13H10F3NO3S/c14-10-5-9(6-11(15)13(10)16)17-21(19,20)12-4-2-1-3-8(12)7-18/h1-6,17-18H,7H2. The van der Waals surface area contributed by atoms with Crippen molar-refractivity contribution in [1.29, 1.82) is 0 Å². The predicted octanol–water partition coefficient (Wildman–Crippen LogP) is 2.40. The van der Waals surface area contributed by atoms with Gasteiger partial charge in [0.2, 0.25) is 0 Å². The Hall–Kier alpha value is -2.06. The van der Waals surface area contributed by atoms with Crippen molar-refractivity contribution < 1.29 is 26.7 Å². The summed E-state index contributed by atoms with van der Waals surface area (Å²) in [6.45, 7) is -0.525. The first-order valence-corrected chi connectivity index (χ1v) is 7.19. The van der Waals surface area contributed by atoms with Gasteiger partial charge in [0.1, 0.15) is 0 Å². The Labute approximate surface area is 118 Å². The minimum absolute atomic E-state index is 0.119. The lowest BCUT2D eigenvalue weighted by Crippen LogP contribution is -2.15. The van der Waals surface area contributed by atoms with Crippen LogP contribution in [0.4, 0.5) is 18.9 Å². The third-order valence-electron chi connectivity index (χ3n) is 2.67. The third kappa shape index (κ3) is 3.17. The van der Waals surface area contributed by atoms with Gasteiger partial charge < -0.3 is 5.11 Å². The first-order chi connectivity index (χ1) is 9.85. The van der Waals surface area contributed by atoms with Gasteiger partial charge in [-0.25, -0.2) is 21.6 Å². The fraction of sp³-hybridized carbons (Fsp3) is 0.0769. The number of hydrogen-bond donors (Lipinski definition) is 2. The number of aliphatic hydroxyl groups excluding tert-OH is 1. The molecule has 8 heteroatoms. The molecule has 0 atom stereocenters. The van der Waals surface area contributed by atoms with Crippen LogP contribution < -0.4 is 4.72 Å². The molecule has 2 aromatic rings. The van der Waals surface area contributed by atoms with Gasteiger partial charge in [-0.2, -0.15) is 0 Å². The van der Waals surface area contributed by atoms with E-state index in [-0.39, 0.29) is 10.5 Å². The van der Waals surface area contributed by atoms with Crippen LogP contribution >= 0.6 is 0 Å². The first kappa shape index (κ1) is 15.3. The molecule has 2 N–H and O–H groups in total. The lowest BCUT2D eigenvalue weighted by atomic mass is 10.2. The van der Waals surface area contributed by atoms with Gasteiger partial charge in [-0.05, 0) is 11.6 Å². The predicted molar refractivity (Wildman–Crippen MR) is 69.5 cm³/mol. The zero-order chi connectivity index (χ0) is 15.6. The molecule has 0 aliphatic heterocycles. The molecule has 0 aromatic heterocycles. The molecule has 0 aliphatic rings. The van der Waals surface area contributed by atoms with E-state index in [4.69, 9.17) is 5.11 Å². The Morgan fingerprint density at radius 3 is 2.19 bits per heavy atom. The fourth-order valence-electron chi connectivity index (χ4n) is 1.72. The number of sulfonamides is 1. The van der Waals surface area contributed by atoms with Gasteiger partial charge in [0.05, 0.1) is 17.2 Å². The Morgan fingerprint density at radius 2 is 1.62 bits per heavy atom. The zero-order valence-electron chi connectivity index (χ0n) is 10.5. The molecule has 0 bridgehead atoms. The van der Waals surface area contributed by atoms with Crippen molar-refractivity contribution in [2.75, 3.05) is 4.72 Å². The molecule has 0 heterocycles. The molecule has 0 amide bonds. The van der Waals surface area contributed by atoms with Gasteiger partial charge in [0.15, 0.2) is 17.5 Å². The maximum atomic E-state index is 13.1. The van der Waals surface area contributed by atoms with Crippen LogP contribution in [-0.2, 0) is 16.6 Å². The second kappa shape index (κ2) is 5.74. The minimum atomic E-state index is -4.17. The zero-order valence-corrected chi connectivity index (χ0v) is 11.3. The maximum Gasteiger partial charge on any atom is 0.262 e. The molecule has 0 saturated heterocycles. The van der Waals surface area contributed by atoms with E-state index in [9.17, 15) is 21.6 Å². The van der Waals surface area contributed by atoms with E-state index in [2.05, 4.69) is 0 Å². The van der Waals surface area contributed by atoms with Crippen LogP contribution in [0.2, 0.25) is 0 Å². The average molecular weight is 317 g/mol. The van der Waals surface area contributed by atoms with E-state index in [1.807, 2.05) is 4.72 Å². The van der Waals surface area contributed by atoms with Gasteiger partial charge in [0, 0.05) is 12.1 Å². The molecule has 2 aromatic carbocycles. The number of nitrogens with one attached hydrogen (secondary N) is 1. The summed E-state index contributed by atoms with van der Waals surface area (Å²) in [4.78, 5) is -0.238. The van der Waals surface area contributed by atoms with Gasteiger partial charge in [-0.1, -0.05) is 18.2 Å². The Balaban J connectivity index is 2.42. The van der Waals surface area contributed by atoms with Crippen LogP contribution in [0.25, 0.3) is 0 Å². The van der Waals surface area contributed by atoms with Crippen molar-refractivity contribution >= 4 is 15.7 Å². The monoisotopic (exact) mass is 317 g/mol. The van der Waals surface area contributed by atoms with Gasteiger partial charge in [0.25, 0.3) is 10.0 Å². The second-order valence-electron chi connectivity index (χ2n) is 4.13. The number of halogens is 3. The number of anilines is 1. The SMILES string of the molecule is O=S(=O)(Nc1cc(F)c(F)c(F)c1)c1ccccc1CO. The highest BCUT2D eigenvalue weighted by Crippen LogP contribution is 2.22. The highest BCUT2D eigenvalue weighted by atomic mass is 32.2. The molecular formula is C13H10F3NO3S. The fourth-order valence-corrected chi connectivity index (χ4v) is 2.99. The lowest BCUT2D eigenvalue weighted by Gasteiger charge is -2.11. The molecule has 0 spiro atoms. The van der Waals surface area contributed by atoms with Gasteiger partial charge in [-0.3, -0.25) is 4.72 Å². The number of rotatable bonds is 4. The maximum absolute atomic E-state index is 13.1. The molecule has 21 heavy (non-hydrogen) atoms. The normalized spacial score (nSPS) is 11.4. The number of benzene rings is 2. The van der Waals surface area contributed by atoms with E-state index < -0.39 is 39.8 Å². The number of aliphatic hydroxyl groups is 1. The summed E-state index contributed by atoms with van der Waals surface area (Å²) in [6.07, 6.45) is 0. The Bertz CT molecular complexity index is 755. The van der Waals surface area contributed by atoms with E-state index in [1.54, 1.807) is 0 Å². The summed E-state index contributed by atoms with van der Waals surface area (Å²) in [6, 6.07) is 6.63. The van der Waals surface area contributed by atoms with E-state index in [0.29, 0.717) is 12.1 Å². The first-order valence-electron chi connectivity index (χ1n) is 5.71. The molecule has 0 aliphatic carbocycles. The van der Waals surface area contributed by atoms with Crippen molar-refractivity contribution in [3.05, 3.63) is 59.4 Å². The molecule has 112 valence electrons. The second-order valence-corrected chi connectivity index (χ2v) is 5.78. The summed E-state index contributed by atoms with van der Waals surface area (Å²) >= 11 is 0. The Kier molecular flexibility index (Phi) is 4.19. The van der Waals surface area contributed by atoms with Gasteiger partial charge in [-0.15, -0.1) is 0 Å². The average Bonchev–Trinajstić information content (AvgIpc) is 2.44. The van der Waals surface area contributed by atoms with Crippen molar-refractivity contribution in [3.8, 4) is 0 Å².